The number of piperidine rings is 1. The van der Waals surface area contributed by atoms with Gasteiger partial charge in [0.15, 0.2) is 0 Å². The Kier molecular flexibility index (Phi) is 4.74. The highest BCUT2D eigenvalue weighted by Crippen LogP contribution is 2.34. The lowest BCUT2D eigenvalue weighted by Crippen LogP contribution is -2.49. The maximum atomic E-state index is 6.00. The van der Waals surface area contributed by atoms with Crippen LogP contribution < -0.4 is 15.4 Å². The average Bonchev–Trinajstić information content (AvgIpc) is 2.58. The number of rotatable bonds is 3. The molecule has 1 aromatic rings. The first-order valence-electron chi connectivity index (χ1n) is 8.20. The Hall–Kier alpha value is -1.46. The summed E-state index contributed by atoms with van der Waals surface area (Å²) >= 11 is 0. The maximum absolute atomic E-state index is 6.00. The van der Waals surface area contributed by atoms with Gasteiger partial charge in [-0.15, -0.1) is 0 Å². The van der Waals surface area contributed by atoms with Crippen molar-refractivity contribution >= 4 is 11.4 Å². The quantitative estimate of drug-likeness (QED) is 0.864. The molecule has 0 radical (unpaired) electrons. The summed E-state index contributed by atoms with van der Waals surface area (Å²) in [5, 5.41) is 0. The smallest absolute Gasteiger partial charge is 0.144 e. The lowest BCUT2D eigenvalue weighted by atomic mass is 10.0. The molecule has 0 unspecified atom stereocenters. The summed E-state index contributed by atoms with van der Waals surface area (Å²) in [6.07, 6.45) is 2.40. The van der Waals surface area contributed by atoms with Gasteiger partial charge in [0.25, 0.3) is 0 Å². The van der Waals surface area contributed by atoms with E-state index in [1.807, 2.05) is 6.07 Å². The molecule has 22 heavy (non-hydrogen) atoms. The number of methoxy groups -OCH3 is 1. The van der Waals surface area contributed by atoms with Gasteiger partial charge in [-0.25, -0.2) is 0 Å². The summed E-state index contributed by atoms with van der Waals surface area (Å²) in [7, 11) is 1.72. The molecule has 1 aromatic carbocycles. The Morgan fingerprint density at radius 3 is 2.45 bits per heavy atom. The Morgan fingerprint density at radius 1 is 1.14 bits per heavy atom. The summed E-state index contributed by atoms with van der Waals surface area (Å²) in [5.74, 6) is 0.882. The zero-order valence-electron chi connectivity index (χ0n) is 13.7. The highest BCUT2D eigenvalue weighted by molar-refractivity contribution is 5.67. The van der Waals surface area contributed by atoms with E-state index in [2.05, 4.69) is 22.8 Å². The fourth-order valence-corrected chi connectivity index (χ4v) is 3.51. The van der Waals surface area contributed by atoms with E-state index in [0.29, 0.717) is 6.04 Å². The van der Waals surface area contributed by atoms with Gasteiger partial charge < -0.3 is 20.1 Å². The zero-order chi connectivity index (χ0) is 15.5. The average molecular weight is 305 g/mol. The molecule has 2 heterocycles. The summed E-state index contributed by atoms with van der Waals surface area (Å²) in [6, 6.07) is 4.79. The molecule has 122 valence electrons. The van der Waals surface area contributed by atoms with Crippen LogP contribution in [0.1, 0.15) is 18.4 Å². The first-order chi connectivity index (χ1) is 10.7. The Balaban J connectivity index is 1.67. The molecule has 0 amide bonds. The molecule has 0 saturated carbocycles. The van der Waals surface area contributed by atoms with E-state index in [-0.39, 0.29) is 0 Å². The molecule has 0 atom stereocenters. The van der Waals surface area contributed by atoms with Crippen molar-refractivity contribution in [1.82, 2.24) is 4.90 Å². The number of ether oxygens (including phenoxy) is 2. The van der Waals surface area contributed by atoms with Crippen molar-refractivity contribution in [1.29, 1.82) is 0 Å². The Labute approximate surface area is 133 Å². The molecule has 0 spiro atoms. The number of hydrogen-bond acceptors (Lipinski definition) is 5. The Bertz CT molecular complexity index is 507. The minimum atomic E-state index is 0.695. The van der Waals surface area contributed by atoms with Crippen LogP contribution in [0.5, 0.6) is 5.75 Å². The highest BCUT2D eigenvalue weighted by Gasteiger charge is 2.27. The molecular formula is C17H27N3O2. The number of aryl methyl sites for hydroxylation is 1. The molecule has 5 nitrogen and oxygen atoms in total. The molecule has 5 heteroatoms. The van der Waals surface area contributed by atoms with Crippen molar-refractivity contribution in [2.24, 2.45) is 0 Å². The second-order valence-corrected chi connectivity index (χ2v) is 6.25. The van der Waals surface area contributed by atoms with E-state index in [4.69, 9.17) is 15.2 Å². The van der Waals surface area contributed by atoms with Crippen molar-refractivity contribution in [3.63, 3.8) is 0 Å². The number of hydrogen-bond donors (Lipinski definition) is 1. The third kappa shape index (κ3) is 3.15. The fourth-order valence-electron chi connectivity index (χ4n) is 3.51. The molecule has 2 N–H and O–H groups in total. The molecule has 2 saturated heterocycles. The number of nitrogen functional groups attached to an aromatic ring is 1. The van der Waals surface area contributed by atoms with Gasteiger partial charge in [0, 0.05) is 44.0 Å². The molecule has 2 aliphatic heterocycles. The van der Waals surface area contributed by atoms with Crippen LogP contribution >= 0.6 is 0 Å². The van der Waals surface area contributed by atoms with Crippen molar-refractivity contribution in [2.75, 3.05) is 57.1 Å². The van der Waals surface area contributed by atoms with E-state index in [1.165, 1.54) is 18.5 Å². The van der Waals surface area contributed by atoms with E-state index in [1.54, 1.807) is 7.11 Å². The van der Waals surface area contributed by atoms with E-state index < -0.39 is 0 Å². The molecule has 3 rings (SSSR count). The molecule has 2 fully saturated rings. The van der Waals surface area contributed by atoms with Gasteiger partial charge in [0.2, 0.25) is 0 Å². The third-order valence-corrected chi connectivity index (χ3v) is 4.93. The molecule has 2 aliphatic rings. The van der Waals surface area contributed by atoms with Crippen molar-refractivity contribution in [2.45, 2.75) is 25.8 Å². The fraction of sp³-hybridized carbons (Fsp3) is 0.647. The minimum Gasteiger partial charge on any atom is -0.495 e. The summed E-state index contributed by atoms with van der Waals surface area (Å²) < 4.78 is 11.0. The second kappa shape index (κ2) is 6.75. The monoisotopic (exact) mass is 305 g/mol. The van der Waals surface area contributed by atoms with Crippen LogP contribution in [0.3, 0.4) is 0 Å². The first kappa shape index (κ1) is 15.4. The van der Waals surface area contributed by atoms with Crippen LogP contribution in [-0.4, -0.2) is 57.4 Å². The van der Waals surface area contributed by atoms with Gasteiger partial charge in [-0.1, -0.05) is 0 Å². The number of nitrogens with zero attached hydrogens (tertiary/aromatic N) is 2. The first-order valence-corrected chi connectivity index (χ1v) is 8.20. The van der Waals surface area contributed by atoms with Gasteiger partial charge >= 0.3 is 0 Å². The SMILES string of the molecule is COc1cc(N)c(C)cc1N1CCC(N2CCOCC2)CC1. The summed E-state index contributed by atoms with van der Waals surface area (Å²) in [4.78, 5) is 5.02. The summed E-state index contributed by atoms with van der Waals surface area (Å²) in [5.41, 5.74) is 9.08. The predicted octanol–water partition coefficient (Wildman–Crippen LogP) is 1.89. The highest BCUT2D eigenvalue weighted by atomic mass is 16.5. The lowest BCUT2D eigenvalue weighted by molar-refractivity contribution is 0.0115. The van der Waals surface area contributed by atoms with Crippen LogP contribution in [0.25, 0.3) is 0 Å². The van der Waals surface area contributed by atoms with Crippen LogP contribution in [0, 0.1) is 6.92 Å². The van der Waals surface area contributed by atoms with Gasteiger partial charge in [0.1, 0.15) is 5.75 Å². The van der Waals surface area contributed by atoms with Crippen LogP contribution in [0.4, 0.5) is 11.4 Å². The lowest BCUT2D eigenvalue weighted by Gasteiger charge is -2.41. The molecule has 0 bridgehead atoms. The molecular weight excluding hydrogens is 278 g/mol. The largest absolute Gasteiger partial charge is 0.495 e. The number of nitrogens with two attached hydrogens (primary N) is 1. The third-order valence-electron chi connectivity index (χ3n) is 4.93. The van der Waals surface area contributed by atoms with Crippen LogP contribution in [-0.2, 0) is 4.74 Å². The van der Waals surface area contributed by atoms with Crippen molar-refractivity contribution < 1.29 is 9.47 Å². The maximum Gasteiger partial charge on any atom is 0.144 e. The minimum absolute atomic E-state index is 0.695. The van der Waals surface area contributed by atoms with Gasteiger partial charge in [-0.2, -0.15) is 0 Å². The summed E-state index contributed by atoms with van der Waals surface area (Å²) in [6.45, 7) is 8.11. The normalized spacial score (nSPS) is 21.1. The van der Waals surface area contributed by atoms with Crippen molar-refractivity contribution in [3.8, 4) is 5.75 Å². The second-order valence-electron chi connectivity index (χ2n) is 6.25. The predicted molar refractivity (Wildman–Crippen MR) is 89.8 cm³/mol. The van der Waals surface area contributed by atoms with E-state index >= 15 is 0 Å². The number of morpholine rings is 1. The van der Waals surface area contributed by atoms with E-state index in [0.717, 1.165) is 56.4 Å². The van der Waals surface area contributed by atoms with Gasteiger partial charge in [-0.3, -0.25) is 4.90 Å². The van der Waals surface area contributed by atoms with Gasteiger partial charge in [-0.05, 0) is 31.4 Å². The topological polar surface area (TPSA) is 51.0 Å². The number of anilines is 2. The van der Waals surface area contributed by atoms with Gasteiger partial charge in [0.05, 0.1) is 26.0 Å². The van der Waals surface area contributed by atoms with Crippen LogP contribution in [0.15, 0.2) is 12.1 Å². The zero-order valence-corrected chi connectivity index (χ0v) is 13.7. The molecule has 0 aliphatic carbocycles. The standard InChI is InChI=1S/C17H27N3O2/c1-13-11-16(17(21-2)12-15(13)18)20-5-3-14(4-6-20)19-7-9-22-10-8-19/h11-12,14H,3-10,18H2,1-2H3. The van der Waals surface area contributed by atoms with Crippen LogP contribution in [0.2, 0.25) is 0 Å². The Morgan fingerprint density at radius 2 is 1.82 bits per heavy atom. The van der Waals surface area contributed by atoms with Crippen molar-refractivity contribution in [3.05, 3.63) is 17.7 Å². The molecule has 0 aromatic heterocycles. The van der Waals surface area contributed by atoms with E-state index in [9.17, 15) is 0 Å². The number of benzene rings is 1.